The van der Waals surface area contributed by atoms with E-state index in [1.165, 1.54) is 25.7 Å². The van der Waals surface area contributed by atoms with Gasteiger partial charge in [0.2, 0.25) is 5.91 Å². The molecule has 0 bridgehead atoms. The minimum Gasteiger partial charge on any atom is -0.398 e. The number of nitrogen functional groups attached to an aromatic ring is 1. The number of benzene rings is 1. The third-order valence-corrected chi connectivity index (χ3v) is 4.42. The summed E-state index contributed by atoms with van der Waals surface area (Å²) in [5.41, 5.74) is 7.46. The maximum Gasteiger partial charge on any atom is 0.224 e. The van der Waals surface area contributed by atoms with Crippen molar-refractivity contribution in [3.63, 3.8) is 0 Å². The van der Waals surface area contributed by atoms with Gasteiger partial charge in [-0.2, -0.15) is 0 Å². The predicted molar refractivity (Wildman–Crippen MR) is 83.3 cm³/mol. The highest BCUT2D eigenvalue weighted by atomic mass is 16.1. The van der Waals surface area contributed by atoms with Crippen LogP contribution < -0.4 is 11.1 Å². The van der Waals surface area contributed by atoms with Crippen molar-refractivity contribution in [2.45, 2.75) is 45.4 Å². The van der Waals surface area contributed by atoms with Crippen LogP contribution >= 0.6 is 0 Å². The third-order valence-electron chi connectivity index (χ3n) is 4.42. The fourth-order valence-electron chi connectivity index (χ4n) is 2.96. The molecule has 2 rings (SSSR count). The van der Waals surface area contributed by atoms with Crippen LogP contribution in [0.15, 0.2) is 24.3 Å². The third kappa shape index (κ3) is 4.55. The van der Waals surface area contributed by atoms with Crippen LogP contribution in [-0.2, 0) is 11.2 Å². The van der Waals surface area contributed by atoms with Crippen LogP contribution in [0.1, 0.15) is 44.6 Å². The maximum absolute atomic E-state index is 11.9. The van der Waals surface area contributed by atoms with E-state index < -0.39 is 0 Å². The highest BCUT2D eigenvalue weighted by molar-refractivity contribution is 5.80. The lowest BCUT2D eigenvalue weighted by atomic mass is 9.81. The number of para-hydroxylation sites is 1. The average molecular weight is 274 g/mol. The second-order valence-corrected chi connectivity index (χ2v) is 6.14. The molecule has 0 heterocycles. The van der Waals surface area contributed by atoms with Crippen LogP contribution in [0, 0.1) is 11.8 Å². The Morgan fingerprint density at radius 2 is 1.95 bits per heavy atom. The fraction of sp³-hybridized carbons (Fsp3) is 0.588. The summed E-state index contributed by atoms with van der Waals surface area (Å²) in [5.74, 6) is 1.77. The largest absolute Gasteiger partial charge is 0.398 e. The van der Waals surface area contributed by atoms with Crippen molar-refractivity contribution < 1.29 is 4.79 Å². The molecule has 0 unspecified atom stereocenters. The van der Waals surface area contributed by atoms with Crippen LogP contribution in [0.4, 0.5) is 5.69 Å². The van der Waals surface area contributed by atoms with E-state index in [2.05, 4.69) is 12.2 Å². The summed E-state index contributed by atoms with van der Waals surface area (Å²) >= 11 is 0. The Bertz CT molecular complexity index is 436. The van der Waals surface area contributed by atoms with E-state index in [-0.39, 0.29) is 5.91 Å². The first-order valence-corrected chi connectivity index (χ1v) is 7.75. The van der Waals surface area contributed by atoms with E-state index in [0.717, 1.165) is 30.4 Å². The first-order valence-electron chi connectivity index (χ1n) is 7.75. The molecule has 1 fully saturated rings. The molecule has 1 aliphatic carbocycles. The Morgan fingerprint density at radius 3 is 2.65 bits per heavy atom. The number of nitrogens with one attached hydrogen (secondary N) is 1. The number of anilines is 1. The predicted octanol–water partition coefficient (Wildman–Crippen LogP) is 3.14. The van der Waals surface area contributed by atoms with Crippen molar-refractivity contribution in [1.82, 2.24) is 5.32 Å². The van der Waals surface area contributed by atoms with E-state index in [1.807, 2.05) is 24.3 Å². The summed E-state index contributed by atoms with van der Waals surface area (Å²) in [6, 6.07) is 7.56. The number of carbonyl (C=O) groups excluding carboxylic acids is 1. The van der Waals surface area contributed by atoms with Gasteiger partial charge in [0, 0.05) is 12.2 Å². The molecule has 3 nitrogen and oxygen atoms in total. The molecule has 20 heavy (non-hydrogen) atoms. The molecule has 0 aromatic heterocycles. The number of rotatable bonds is 5. The molecule has 3 heteroatoms. The molecular weight excluding hydrogens is 248 g/mol. The Kier molecular flexibility index (Phi) is 5.45. The Hall–Kier alpha value is -1.51. The van der Waals surface area contributed by atoms with Gasteiger partial charge in [0.15, 0.2) is 0 Å². The van der Waals surface area contributed by atoms with E-state index in [4.69, 9.17) is 5.73 Å². The molecule has 0 radical (unpaired) electrons. The summed E-state index contributed by atoms with van der Waals surface area (Å²) in [5, 5.41) is 3.02. The minimum atomic E-state index is 0.0760. The zero-order valence-electron chi connectivity index (χ0n) is 12.4. The van der Waals surface area contributed by atoms with Crippen LogP contribution in [0.5, 0.6) is 0 Å². The van der Waals surface area contributed by atoms with Crippen LogP contribution in [0.2, 0.25) is 0 Å². The summed E-state index contributed by atoms with van der Waals surface area (Å²) in [4.78, 5) is 11.9. The van der Waals surface area contributed by atoms with E-state index >= 15 is 0 Å². The quantitative estimate of drug-likeness (QED) is 0.810. The fourth-order valence-corrected chi connectivity index (χ4v) is 2.96. The molecule has 1 amide bonds. The van der Waals surface area contributed by atoms with Crippen molar-refractivity contribution in [3.8, 4) is 0 Å². The van der Waals surface area contributed by atoms with E-state index in [0.29, 0.717) is 12.1 Å². The number of nitrogens with two attached hydrogens (primary N) is 1. The molecule has 1 aromatic carbocycles. The molecule has 0 aliphatic heterocycles. The Labute approximate surface area is 121 Å². The van der Waals surface area contributed by atoms with Gasteiger partial charge < -0.3 is 11.1 Å². The first kappa shape index (κ1) is 14.9. The summed E-state index contributed by atoms with van der Waals surface area (Å²) in [6.45, 7) is 3.13. The van der Waals surface area contributed by atoms with E-state index in [9.17, 15) is 4.79 Å². The van der Waals surface area contributed by atoms with Crippen molar-refractivity contribution in [2.75, 3.05) is 12.3 Å². The molecule has 1 aliphatic rings. The van der Waals surface area contributed by atoms with Gasteiger partial charge in [-0.1, -0.05) is 50.8 Å². The van der Waals surface area contributed by atoms with E-state index in [1.54, 1.807) is 0 Å². The number of amides is 1. The zero-order chi connectivity index (χ0) is 14.4. The first-order chi connectivity index (χ1) is 9.65. The van der Waals surface area contributed by atoms with Gasteiger partial charge in [-0.25, -0.2) is 0 Å². The second-order valence-electron chi connectivity index (χ2n) is 6.14. The van der Waals surface area contributed by atoms with Crippen LogP contribution in [0.25, 0.3) is 0 Å². The Morgan fingerprint density at radius 1 is 1.25 bits per heavy atom. The molecule has 0 spiro atoms. The lowest BCUT2D eigenvalue weighted by molar-refractivity contribution is -0.120. The molecule has 0 saturated heterocycles. The van der Waals surface area contributed by atoms with Crippen molar-refractivity contribution in [1.29, 1.82) is 0 Å². The standard InChI is InChI=1S/C17H26N2O/c1-13-6-8-14(9-7-13)10-11-19-17(20)12-15-4-2-3-5-16(15)18/h2-5,13-14H,6-12,18H2,1H3,(H,19,20). The van der Waals surface area contributed by atoms with Crippen molar-refractivity contribution in [2.24, 2.45) is 11.8 Å². The van der Waals surface area contributed by atoms with Crippen LogP contribution in [0.3, 0.4) is 0 Å². The smallest absolute Gasteiger partial charge is 0.224 e. The molecular formula is C17H26N2O. The van der Waals surface area contributed by atoms with Gasteiger partial charge in [0.05, 0.1) is 6.42 Å². The summed E-state index contributed by atoms with van der Waals surface area (Å²) in [6.07, 6.45) is 6.83. The van der Waals surface area contributed by atoms with Gasteiger partial charge in [-0.3, -0.25) is 4.79 Å². The molecule has 1 saturated carbocycles. The topological polar surface area (TPSA) is 55.1 Å². The lowest BCUT2D eigenvalue weighted by Gasteiger charge is -2.26. The lowest BCUT2D eigenvalue weighted by Crippen LogP contribution is -2.28. The second kappa shape index (κ2) is 7.32. The normalized spacial score (nSPS) is 22.4. The van der Waals surface area contributed by atoms with Gasteiger partial charge in [0.1, 0.15) is 0 Å². The molecule has 0 atom stereocenters. The summed E-state index contributed by atoms with van der Waals surface area (Å²) < 4.78 is 0. The Balaban J connectivity index is 1.67. The maximum atomic E-state index is 11.9. The van der Waals surface area contributed by atoms with Gasteiger partial charge in [-0.15, -0.1) is 0 Å². The van der Waals surface area contributed by atoms with Crippen LogP contribution in [-0.4, -0.2) is 12.5 Å². The number of carbonyl (C=O) groups is 1. The van der Waals surface area contributed by atoms with Crippen molar-refractivity contribution in [3.05, 3.63) is 29.8 Å². The number of hydrogen-bond acceptors (Lipinski definition) is 2. The zero-order valence-corrected chi connectivity index (χ0v) is 12.4. The molecule has 1 aromatic rings. The SMILES string of the molecule is CC1CCC(CCNC(=O)Cc2ccccc2N)CC1. The highest BCUT2D eigenvalue weighted by Gasteiger charge is 2.17. The summed E-state index contributed by atoms with van der Waals surface area (Å²) in [7, 11) is 0. The number of hydrogen-bond donors (Lipinski definition) is 2. The molecule has 110 valence electrons. The molecule has 3 N–H and O–H groups in total. The van der Waals surface area contributed by atoms with Crippen molar-refractivity contribution >= 4 is 11.6 Å². The minimum absolute atomic E-state index is 0.0760. The van der Waals surface area contributed by atoms with Gasteiger partial charge >= 0.3 is 0 Å². The highest BCUT2D eigenvalue weighted by Crippen LogP contribution is 2.29. The van der Waals surface area contributed by atoms with Gasteiger partial charge in [0.25, 0.3) is 0 Å². The monoisotopic (exact) mass is 274 g/mol. The average Bonchev–Trinajstić information content (AvgIpc) is 2.44. The van der Waals surface area contributed by atoms with Gasteiger partial charge in [-0.05, 0) is 29.9 Å².